The average Bonchev–Trinajstić information content (AvgIpc) is 2.29. The van der Waals surface area contributed by atoms with Gasteiger partial charge in [0.1, 0.15) is 0 Å². The Kier molecular flexibility index (Phi) is 5.15. The maximum atomic E-state index is 11.6. The summed E-state index contributed by atoms with van der Waals surface area (Å²) >= 11 is 0. The van der Waals surface area contributed by atoms with E-state index in [1.165, 1.54) is 7.11 Å². The van der Waals surface area contributed by atoms with Gasteiger partial charge < -0.3 is 15.8 Å². The molecule has 0 bridgehead atoms. The fraction of sp³-hybridized carbons (Fsp3) is 0.417. The van der Waals surface area contributed by atoms with Gasteiger partial charge in [-0.3, -0.25) is 4.21 Å². The lowest BCUT2D eigenvalue weighted by Gasteiger charge is -2.18. The van der Waals surface area contributed by atoms with Crippen LogP contribution in [-0.2, 0) is 15.5 Å². The Labute approximate surface area is 109 Å². The summed E-state index contributed by atoms with van der Waals surface area (Å²) in [6.45, 7) is 1.88. The molecule has 0 fully saturated rings. The highest BCUT2D eigenvalue weighted by molar-refractivity contribution is 7.84. The van der Waals surface area contributed by atoms with Crippen molar-refractivity contribution in [3.8, 4) is 0 Å². The molecule has 100 valence electrons. The van der Waals surface area contributed by atoms with Gasteiger partial charge in [-0.15, -0.1) is 0 Å². The standard InChI is InChI=1S/C12H18N2O3S/c1-8(7-18(3)16)14-11-9(12(15)17-2)5-4-6-10(11)13/h4-6,8,14H,7,13H2,1-3H3. The van der Waals surface area contributed by atoms with Crippen molar-refractivity contribution in [1.82, 2.24) is 0 Å². The van der Waals surface area contributed by atoms with Crippen LogP contribution in [0.15, 0.2) is 18.2 Å². The lowest BCUT2D eigenvalue weighted by Crippen LogP contribution is -2.24. The number of anilines is 2. The minimum Gasteiger partial charge on any atom is -0.465 e. The van der Waals surface area contributed by atoms with Crippen molar-refractivity contribution in [2.24, 2.45) is 0 Å². The van der Waals surface area contributed by atoms with Crippen molar-refractivity contribution in [2.45, 2.75) is 13.0 Å². The maximum Gasteiger partial charge on any atom is 0.340 e. The molecule has 2 atom stereocenters. The second kappa shape index (κ2) is 6.39. The van der Waals surface area contributed by atoms with E-state index in [0.29, 0.717) is 22.7 Å². The average molecular weight is 270 g/mol. The Bertz CT molecular complexity index is 463. The largest absolute Gasteiger partial charge is 0.465 e. The van der Waals surface area contributed by atoms with Crippen LogP contribution in [0.4, 0.5) is 11.4 Å². The van der Waals surface area contributed by atoms with Gasteiger partial charge in [0.25, 0.3) is 0 Å². The van der Waals surface area contributed by atoms with Crippen LogP contribution >= 0.6 is 0 Å². The number of hydrogen-bond acceptors (Lipinski definition) is 5. The normalized spacial score (nSPS) is 13.7. The first-order valence-electron chi connectivity index (χ1n) is 5.49. The fourth-order valence-corrected chi connectivity index (χ4v) is 2.44. The molecule has 3 N–H and O–H groups in total. The second-order valence-corrected chi connectivity index (χ2v) is 5.53. The molecule has 18 heavy (non-hydrogen) atoms. The minimum absolute atomic E-state index is 0.0519. The number of hydrogen-bond donors (Lipinski definition) is 2. The summed E-state index contributed by atoms with van der Waals surface area (Å²) in [5.41, 5.74) is 7.22. The summed E-state index contributed by atoms with van der Waals surface area (Å²) in [7, 11) is 0.405. The summed E-state index contributed by atoms with van der Waals surface area (Å²) in [6, 6.07) is 4.98. The zero-order valence-corrected chi connectivity index (χ0v) is 11.5. The zero-order chi connectivity index (χ0) is 13.7. The van der Waals surface area contributed by atoms with Crippen molar-refractivity contribution < 1.29 is 13.7 Å². The van der Waals surface area contributed by atoms with Gasteiger partial charge >= 0.3 is 5.97 Å². The number of nitrogens with two attached hydrogens (primary N) is 1. The molecule has 0 amide bonds. The Hall–Kier alpha value is -1.56. The highest BCUT2D eigenvalue weighted by Gasteiger charge is 2.16. The van der Waals surface area contributed by atoms with E-state index in [-0.39, 0.29) is 6.04 Å². The molecule has 0 spiro atoms. The van der Waals surface area contributed by atoms with E-state index < -0.39 is 16.8 Å². The van der Waals surface area contributed by atoms with Crippen molar-refractivity contribution in [3.63, 3.8) is 0 Å². The number of para-hydroxylation sites is 1. The fourth-order valence-electron chi connectivity index (χ4n) is 1.65. The molecule has 0 aliphatic rings. The minimum atomic E-state index is -0.915. The smallest absolute Gasteiger partial charge is 0.340 e. The van der Waals surface area contributed by atoms with Crippen LogP contribution in [0.25, 0.3) is 0 Å². The molecule has 0 radical (unpaired) electrons. The predicted octanol–water partition coefficient (Wildman–Crippen LogP) is 1.23. The van der Waals surface area contributed by atoms with E-state index in [4.69, 9.17) is 10.5 Å². The zero-order valence-electron chi connectivity index (χ0n) is 10.7. The van der Waals surface area contributed by atoms with Gasteiger partial charge in [-0.25, -0.2) is 4.79 Å². The molecule has 2 unspecified atom stereocenters. The topological polar surface area (TPSA) is 81.4 Å². The molecule has 0 saturated carbocycles. The van der Waals surface area contributed by atoms with E-state index >= 15 is 0 Å². The highest BCUT2D eigenvalue weighted by atomic mass is 32.2. The van der Waals surface area contributed by atoms with Crippen LogP contribution in [0.1, 0.15) is 17.3 Å². The molecule has 5 nitrogen and oxygen atoms in total. The van der Waals surface area contributed by atoms with Crippen molar-refractivity contribution in [3.05, 3.63) is 23.8 Å². The van der Waals surface area contributed by atoms with Crippen LogP contribution in [0.2, 0.25) is 0 Å². The second-order valence-electron chi connectivity index (χ2n) is 4.05. The molecule has 0 heterocycles. The molecule has 0 aromatic heterocycles. The molecule has 6 heteroatoms. The lowest BCUT2D eigenvalue weighted by atomic mass is 10.1. The quantitative estimate of drug-likeness (QED) is 0.621. The summed E-state index contributed by atoms with van der Waals surface area (Å²) < 4.78 is 15.9. The van der Waals surface area contributed by atoms with Gasteiger partial charge in [-0.2, -0.15) is 0 Å². The third-order valence-corrected chi connectivity index (χ3v) is 3.35. The number of nitrogens with one attached hydrogen (secondary N) is 1. The molecule has 0 aliphatic carbocycles. The van der Waals surface area contributed by atoms with Crippen molar-refractivity contribution in [1.29, 1.82) is 0 Å². The number of rotatable bonds is 5. The summed E-state index contributed by atoms with van der Waals surface area (Å²) in [4.78, 5) is 11.6. The lowest BCUT2D eigenvalue weighted by molar-refractivity contribution is 0.0602. The van der Waals surface area contributed by atoms with Gasteiger partial charge in [0, 0.05) is 28.9 Å². The third-order valence-electron chi connectivity index (χ3n) is 2.38. The summed E-state index contributed by atoms with van der Waals surface area (Å²) in [6.07, 6.45) is 1.63. The van der Waals surface area contributed by atoms with Crippen LogP contribution in [0.3, 0.4) is 0 Å². The molecule has 1 aromatic rings. The van der Waals surface area contributed by atoms with Crippen molar-refractivity contribution in [2.75, 3.05) is 30.2 Å². The third kappa shape index (κ3) is 3.73. The molecular weight excluding hydrogens is 252 g/mol. The van der Waals surface area contributed by atoms with E-state index in [0.717, 1.165) is 0 Å². The Morgan fingerprint density at radius 3 is 2.78 bits per heavy atom. The first-order chi connectivity index (χ1) is 8.45. The van der Waals surface area contributed by atoms with Crippen LogP contribution in [0.5, 0.6) is 0 Å². The number of esters is 1. The monoisotopic (exact) mass is 270 g/mol. The highest BCUT2D eigenvalue weighted by Crippen LogP contribution is 2.25. The van der Waals surface area contributed by atoms with Crippen LogP contribution in [0, 0.1) is 0 Å². The van der Waals surface area contributed by atoms with Gasteiger partial charge in [0.15, 0.2) is 0 Å². The Morgan fingerprint density at radius 2 is 2.22 bits per heavy atom. The van der Waals surface area contributed by atoms with Crippen LogP contribution in [-0.4, -0.2) is 35.3 Å². The van der Waals surface area contributed by atoms with E-state index in [1.54, 1.807) is 24.5 Å². The SMILES string of the molecule is COC(=O)c1cccc(N)c1NC(C)CS(C)=O. The van der Waals surface area contributed by atoms with Gasteiger partial charge in [0.2, 0.25) is 0 Å². The molecule has 0 saturated heterocycles. The molecule has 1 rings (SSSR count). The first-order valence-corrected chi connectivity index (χ1v) is 7.21. The molecular formula is C12H18N2O3S. The number of carbonyl (C=O) groups is 1. The first kappa shape index (κ1) is 14.5. The van der Waals surface area contributed by atoms with E-state index in [9.17, 15) is 9.00 Å². The summed E-state index contributed by atoms with van der Waals surface area (Å²) in [5.74, 6) is 0.0317. The van der Waals surface area contributed by atoms with Gasteiger partial charge in [0.05, 0.1) is 24.0 Å². The molecule has 1 aromatic carbocycles. The van der Waals surface area contributed by atoms with Crippen LogP contribution < -0.4 is 11.1 Å². The number of nitrogen functional groups attached to an aromatic ring is 1. The van der Waals surface area contributed by atoms with Gasteiger partial charge in [-0.05, 0) is 19.1 Å². The van der Waals surface area contributed by atoms with E-state index in [1.807, 2.05) is 6.92 Å². The Morgan fingerprint density at radius 1 is 1.56 bits per heavy atom. The maximum absolute atomic E-state index is 11.6. The number of methoxy groups -OCH3 is 1. The van der Waals surface area contributed by atoms with Gasteiger partial charge in [-0.1, -0.05) is 6.07 Å². The van der Waals surface area contributed by atoms with E-state index in [2.05, 4.69) is 5.32 Å². The summed E-state index contributed by atoms with van der Waals surface area (Å²) in [5, 5.41) is 3.11. The van der Waals surface area contributed by atoms with Crippen molar-refractivity contribution >= 4 is 28.1 Å². The molecule has 0 aliphatic heterocycles. The predicted molar refractivity (Wildman–Crippen MR) is 74.2 cm³/mol. The number of benzene rings is 1. The Balaban J connectivity index is 2.99. The number of carbonyl (C=O) groups excluding carboxylic acids is 1. The number of ether oxygens (including phenoxy) is 1.